The van der Waals surface area contributed by atoms with Crippen LogP contribution in [0.1, 0.15) is 25.5 Å². The van der Waals surface area contributed by atoms with Crippen molar-refractivity contribution in [3.8, 4) is 0 Å². The Bertz CT molecular complexity index is 375. The Kier molecular flexibility index (Phi) is 4.55. The zero-order chi connectivity index (χ0) is 13.0. The van der Waals surface area contributed by atoms with Gasteiger partial charge in [-0.15, -0.1) is 0 Å². The van der Waals surface area contributed by atoms with Crippen LogP contribution in [0.2, 0.25) is 0 Å². The summed E-state index contributed by atoms with van der Waals surface area (Å²) in [5.74, 6) is 0. The Labute approximate surface area is 109 Å². The van der Waals surface area contributed by atoms with E-state index in [1.54, 1.807) is 6.20 Å². The van der Waals surface area contributed by atoms with Crippen LogP contribution in [-0.2, 0) is 6.61 Å². The third kappa shape index (κ3) is 3.00. The van der Waals surface area contributed by atoms with Crippen molar-refractivity contribution in [3.63, 3.8) is 0 Å². The van der Waals surface area contributed by atoms with Crippen molar-refractivity contribution in [2.24, 2.45) is 0 Å². The number of anilines is 1. The second-order valence-electron chi connectivity index (χ2n) is 4.94. The Balaban J connectivity index is 2.00. The van der Waals surface area contributed by atoms with Gasteiger partial charge in [0.15, 0.2) is 0 Å². The van der Waals surface area contributed by atoms with Crippen molar-refractivity contribution in [3.05, 3.63) is 24.0 Å². The third-order valence-electron chi connectivity index (χ3n) is 3.92. The molecule has 0 saturated carbocycles. The van der Waals surface area contributed by atoms with Crippen molar-refractivity contribution < 1.29 is 5.11 Å². The predicted octanol–water partition coefficient (Wildman–Crippen LogP) is 1.49. The van der Waals surface area contributed by atoms with E-state index < -0.39 is 0 Å². The first-order valence-electron chi connectivity index (χ1n) is 6.75. The highest BCUT2D eigenvalue weighted by atomic mass is 16.3. The summed E-state index contributed by atoms with van der Waals surface area (Å²) in [7, 11) is 2.14. The number of likely N-dealkylation sites (tertiary alicyclic amines) is 1. The van der Waals surface area contributed by atoms with E-state index in [4.69, 9.17) is 5.11 Å². The molecule has 0 atom stereocenters. The smallest absolute Gasteiger partial charge is 0.0853 e. The number of aliphatic hydroxyl groups is 1. The number of hydrogen-bond donors (Lipinski definition) is 1. The molecule has 0 unspecified atom stereocenters. The fourth-order valence-electron chi connectivity index (χ4n) is 2.60. The van der Waals surface area contributed by atoms with Gasteiger partial charge in [0, 0.05) is 38.1 Å². The molecular weight excluding hydrogens is 226 g/mol. The minimum absolute atomic E-state index is 0.00988. The lowest BCUT2D eigenvalue weighted by Gasteiger charge is -2.37. The fraction of sp³-hybridized carbons (Fsp3) is 0.643. The largest absolute Gasteiger partial charge is 0.390 e. The molecule has 1 saturated heterocycles. The van der Waals surface area contributed by atoms with Crippen LogP contribution in [0, 0.1) is 0 Å². The first-order chi connectivity index (χ1) is 8.74. The Morgan fingerprint density at radius 1 is 1.44 bits per heavy atom. The number of aliphatic hydroxyl groups excluding tert-OH is 1. The first-order valence-corrected chi connectivity index (χ1v) is 6.75. The molecule has 0 aromatic carbocycles. The third-order valence-corrected chi connectivity index (χ3v) is 3.92. The average molecular weight is 249 g/mol. The van der Waals surface area contributed by atoms with Crippen molar-refractivity contribution in [2.75, 3.05) is 31.6 Å². The maximum absolute atomic E-state index is 9.13. The molecule has 0 bridgehead atoms. The molecular formula is C14H23N3O. The van der Waals surface area contributed by atoms with Crippen LogP contribution < -0.4 is 4.90 Å². The van der Waals surface area contributed by atoms with Crippen LogP contribution in [0.3, 0.4) is 0 Å². The highest BCUT2D eigenvalue weighted by Gasteiger charge is 2.21. The van der Waals surface area contributed by atoms with Crippen LogP contribution in [0.5, 0.6) is 0 Å². The Morgan fingerprint density at radius 2 is 2.17 bits per heavy atom. The van der Waals surface area contributed by atoms with Gasteiger partial charge in [0.25, 0.3) is 0 Å². The summed E-state index contributed by atoms with van der Waals surface area (Å²) in [5, 5.41) is 9.13. The van der Waals surface area contributed by atoms with Crippen LogP contribution in [0.4, 0.5) is 5.69 Å². The van der Waals surface area contributed by atoms with E-state index in [0.717, 1.165) is 17.9 Å². The summed E-state index contributed by atoms with van der Waals surface area (Å²) in [6, 6.07) is 4.60. The SMILES string of the molecule is CCN1CCC(N(C)c2ccnc(CO)c2)CC1. The molecule has 18 heavy (non-hydrogen) atoms. The van der Waals surface area contributed by atoms with Crippen molar-refractivity contribution in [1.82, 2.24) is 9.88 Å². The molecule has 1 aromatic rings. The summed E-state index contributed by atoms with van der Waals surface area (Å²) < 4.78 is 0. The van der Waals surface area contributed by atoms with Gasteiger partial charge in [-0.3, -0.25) is 4.98 Å². The molecule has 4 nitrogen and oxygen atoms in total. The van der Waals surface area contributed by atoms with E-state index in [-0.39, 0.29) is 6.61 Å². The maximum Gasteiger partial charge on any atom is 0.0853 e. The molecule has 2 rings (SSSR count). The van der Waals surface area contributed by atoms with Crippen LogP contribution >= 0.6 is 0 Å². The summed E-state index contributed by atoms with van der Waals surface area (Å²) in [5.41, 5.74) is 1.90. The maximum atomic E-state index is 9.13. The molecule has 100 valence electrons. The van der Waals surface area contributed by atoms with Gasteiger partial charge in [-0.05, 0) is 31.5 Å². The predicted molar refractivity (Wildman–Crippen MR) is 73.7 cm³/mol. The molecule has 0 radical (unpaired) electrons. The van der Waals surface area contributed by atoms with Gasteiger partial charge >= 0.3 is 0 Å². The molecule has 0 amide bonds. The molecule has 1 aromatic heterocycles. The highest BCUT2D eigenvalue weighted by Crippen LogP contribution is 2.22. The fourth-order valence-corrected chi connectivity index (χ4v) is 2.60. The lowest BCUT2D eigenvalue weighted by Crippen LogP contribution is -2.43. The second kappa shape index (κ2) is 6.16. The number of pyridine rings is 1. The van der Waals surface area contributed by atoms with Crippen molar-refractivity contribution >= 4 is 5.69 Å². The summed E-state index contributed by atoms with van der Waals surface area (Å²) >= 11 is 0. The molecule has 0 aliphatic carbocycles. The summed E-state index contributed by atoms with van der Waals surface area (Å²) in [6.07, 6.45) is 4.20. The molecule has 2 heterocycles. The highest BCUT2D eigenvalue weighted by molar-refractivity contribution is 5.46. The van der Waals surface area contributed by atoms with Gasteiger partial charge in [-0.1, -0.05) is 6.92 Å². The number of piperidine rings is 1. The lowest BCUT2D eigenvalue weighted by molar-refractivity contribution is 0.221. The summed E-state index contributed by atoms with van der Waals surface area (Å²) in [6.45, 7) is 5.75. The number of rotatable bonds is 4. The normalized spacial score (nSPS) is 17.9. The van der Waals surface area contributed by atoms with Crippen molar-refractivity contribution in [2.45, 2.75) is 32.4 Å². The van der Waals surface area contributed by atoms with Crippen LogP contribution in [0.15, 0.2) is 18.3 Å². The first kappa shape index (κ1) is 13.3. The standard InChI is InChI=1S/C14H23N3O/c1-3-17-8-5-13(6-9-17)16(2)14-4-7-15-12(10-14)11-18/h4,7,10,13,18H,3,5-6,8-9,11H2,1-2H3. The molecule has 1 fully saturated rings. The second-order valence-corrected chi connectivity index (χ2v) is 4.94. The van der Waals surface area contributed by atoms with Gasteiger partial charge in [-0.2, -0.15) is 0 Å². The molecule has 1 aliphatic rings. The van der Waals surface area contributed by atoms with E-state index in [1.807, 2.05) is 12.1 Å². The van der Waals surface area contributed by atoms with Gasteiger partial charge < -0.3 is 14.9 Å². The Morgan fingerprint density at radius 3 is 2.78 bits per heavy atom. The zero-order valence-corrected chi connectivity index (χ0v) is 11.3. The molecule has 0 spiro atoms. The van der Waals surface area contributed by atoms with Crippen LogP contribution in [-0.4, -0.2) is 47.7 Å². The Hall–Kier alpha value is -1.13. The number of hydrogen-bond acceptors (Lipinski definition) is 4. The quantitative estimate of drug-likeness (QED) is 0.877. The number of nitrogens with zero attached hydrogens (tertiary/aromatic N) is 3. The molecule has 4 heteroatoms. The van der Waals surface area contributed by atoms with Gasteiger partial charge in [-0.25, -0.2) is 0 Å². The van der Waals surface area contributed by atoms with Gasteiger partial charge in [0.1, 0.15) is 0 Å². The minimum Gasteiger partial charge on any atom is -0.390 e. The van der Waals surface area contributed by atoms with E-state index in [0.29, 0.717) is 6.04 Å². The topological polar surface area (TPSA) is 39.6 Å². The van der Waals surface area contributed by atoms with E-state index >= 15 is 0 Å². The minimum atomic E-state index is 0.00988. The average Bonchev–Trinajstić information content (AvgIpc) is 2.46. The van der Waals surface area contributed by atoms with Gasteiger partial charge in [0.05, 0.1) is 12.3 Å². The number of aromatic nitrogens is 1. The lowest BCUT2D eigenvalue weighted by atomic mass is 10.0. The van der Waals surface area contributed by atoms with Crippen LogP contribution in [0.25, 0.3) is 0 Å². The zero-order valence-electron chi connectivity index (χ0n) is 11.3. The molecule has 1 N–H and O–H groups in total. The monoisotopic (exact) mass is 249 g/mol. The van der Waals surface area contributed by atoms with E-state index in [9.17, 15) is 0 Å². The van der Waals surface area contributed by atoms with E-state index in [2.05, 4.69) is 28.8 Å². The van der Waals surface area contributed by atoms with E-state index in [1.165, 1.54) is 25.9 Å². The van der Waals surface area contributed by atoms with Crippen molar-refractivity contribution in [1.29, 1.82) is 0 Å². The summed E-state index contributed by atoms with van der Waals surface area (Å²) in [4.78, 5) is 8.95. The van der Waals surface area contributed by atoms with Gasteiger partial charge in [0.2, 0.25) is 0 Å². The molecule has 1 aliphatic heterocycles.